The van der Waals surface area contributed by atoms with E-state index in [1.165, 1.54) is 11.1 Å². The van der Waals surface area contributed by atoms with Crippen LogP contribution in [0.1, 0.15) is 31.4 Å². The third-order valence-electron chi connectivity index (χ3n) is 3.31. The number of hydrogen-bond acceptors (Lipinski definition) is 2. The molecule has 0 radical (unpaired) electrons. The van der Waals surface area contributed by atoms with E-state index in [2.05, 4.69) is 32.0 Å². The second kappa shape index (κ2) is 5.54. The number of rotatable bonds is 5. The molecule has 1 atom stereocenters. The largest absolute Gasteiger partial charge is 0.493 e. The lowest BCUT2D eigenvalue weighted by atomic mass is 9.97. The average Bonchev–Trinajstić information content (AvgIpc) is 2.76. The highest BCUT2D eigenvalue weighted by molar-refractivity contribution is 5.44. The van der Waals surface area contributed by atoms with Crippen molar-refractivity contribution in [3.05, 3.63) is 29.3 Å². The van der Waals surface area contributed by atoms with Crippen molar-refractivity contribution < 1.29 is 9.47 Å². The summed E-state index contributed by atoms with van der Waals surface area (Å²) in [5.74, 6) is 1.77. The Labute approximate surface area is 104 Å². The Bertz CT molecular complexity index is 371. The van der Waals surface area contributed by atoms with Crippen molar-refractivity contribution in [2.75, 3.05) is 13.7 Å². The summed E-state index contributed by atoms with van der Waals surface area (Å²) in [7, 11) is 1.80. The highest BCUT2D eigenvalue weighted by Crippen LogP contribution is 2.31. The third-order valence-corrected chi connectivity index (χ3v) is 3.31. The van der Waals surface area contributed by atoms with E-state index in [-0.39, 0.29) is 0 Å². The first kappa shape index (κ1) is 12.4. The van der Waals surface area contributed by atoms with Crippen molar-refractivity contribution in [3.63, 3.8) is 0 Å². The molecule has 0 aliphatic carbocycles. The SMILES string of the molecule is COC(Cc1cccc2c1OCC2)CC(C)C. The fraction of sp³-hybridized carbons (Fsp3) is 0.600. The van der Waals surface area contributed by atoms with Gasteiger partial charge in [0.05, 0.1) is 12.7 Å². The summed E-state index contributed by atoms with van der Waals surface area (Å²) >= 11 is 0. The van der Waals surface area contributed by atoms with Crippen LogP contribution in [0.2, 0.25) is 0 Å². The molecule has 0 saturated heterocycles. The number of benzene rings is 1. The lowest BCUT2D eigenvalue weighted by molar-refractivity contribution is 0.0842. The van der Waals surface area contributed by atoms with Gasteiger partial charge >= 0.3 is 0 Å². The molecule has 94 valence electrons. The molecule has 0 bridgehead atoms. The molecule has 2 rings (SSSR count). The molecule has 1 aromatic rings. The van der Waals surface area contributed by atoms with E-state index in [9.17, 15) is 0 Å². The standard InChI is InChI=1S/C15H22O2/c1-11(2)9-14(16-3)10-13-6-4-5-12-7-8-17-15(12)13/h4-6,11,14H,7-10H2,1-3H3. The number of methoxy groups -OCH3 is 1. The Morgan fingerprint density at radius 1 is 1.35 bits per heavy atom. The summed E-state index contributed by atoms with van der Waals surface area (Å²) in [4.78, 5) is 0. The van der Waals surface area contributed by atoms with Gasteiger partial charge in [-0.2, -0.15) is 0 Å². The second-order valence-corrected chi connectivity index (χ2v) is 5.20. The fourth-order valence-corrected chi connectivity index (χ4v) is 2.48. The number of fused-ring (bicyclic) bond motifs is 1. The van der Waals surface area contributed by atoms with Gasteiger partial charge in [0.1, 0.15) is 5.75 Å². The van der Waals surface area contributed by atoms with Crippen LogP contribution >= 0.6 is 0 Å². The Hall–Kier alpha value is -1.02. The Morgan fingerprint density at radius 2 is 2.18 bits per heavy atom. The smallest absolute Gasteiger partial charge is 0.125 e. The molecule has 0 saturated carbocycles. The van der Waals surface area contributed by atoms with E-state index in [0.717, 1.165) is 31.6 Å². The van der Waals surface area contributed by atoms with Crippen LogP contribution in [0.3, 0.4) is 0 Å². The van der Waals surface area contributed by atoms with Crippen molar-refractivity contribution in [2.45, 2.75) is 39.2 Å². The molecule has 0 amide bonds. The van der Waals surface area contributed by atoms with Crippen LogP contribution in [-0.2, 0) is 17.6 Å². The minimum absolute atomic E-state index is 0.297. The van der Waals surface area contributed by atoms with E-state index < -0.39 is 0 Å². The van der Waals surface area contributed by atoms with Crippen LogP contribution in [0.25, 0.3) is 0 Å². The van der Waals surface area contributed by atoms with Gasteiger partial charge in [0, 0.05) is 20.0 Å². The summed E-state index contributed by atoms with van der Waals surface area (Å²) in [6, 6.07) is 6.46. The Morgan fingerprint density at radius 3 is 2.88 bits per heavy atom. The third kappa shape index (κ3) is 3.01. The normalized spacial score (nSPS) is 15.8. The molecule has 0 aromatic heterocycles. The van der Waals surface area contributed by atoms with Crippen molar-refractivity contribution in [2.24, 2.45) is 5.92 Å². The van der Waals surface area contributed by atoms with Gasteiger partial charge in [-0.1, -0.05) is 32.0 Å². The number of para-hydroxylation sites is 1. The van der Waals surface area contributed by atoms with Crippen LogP contribution < -0.4 is 4.74 Å². The van der Waals surface area contributed by atoms with Crippen LogP contribution in [-0.4, -0.2) is 19.8 Å². The minimum Gasteiger partial charge on any atom is -0.493 e. The fourth-order valence-electron chi connectivity index (χ4n) is 2.48. The molecular weight excluding hydrogens is 212 g/mol. The highest BCUT2D eigenvalue weighted by Gasteiger charge is 2.19. The Kier molecular flexibility index (Phi) is 4.06. The lowest BCUT2D eigenvalue weighted by Gasteiger charge is -2.18. The maximum Gasteiger partial charge on any atom is 0.125 e. The molecule has 1 heterocycles. The zero-order chi connectivity index (χ0) is 12.3. The van der Waals surface area contributed by atoms with Crippen LogP contribution in [0.5, 0.6) is 5.75 Å². The first-order valence-corrected chi connectivity index (χ1v) is 6.47. The van der Waals surface area contributed by atoms with E-state index in [4.69, 9.17) is 9.47 Å². The summed E-state index contributed by atoms with van der Waals surface area (Å²) in [5, 5.41) is 0. The molecule has 1 unspecified atom stereocenters. The van der Waals surface area contributed by atoms with Crippen molar-refractivity contribution >= 4 is 0 Å². The average molecular weight is 234 g/mol. The minimum atomic E-state index is 0.297. The molecule has 0 fully saturated rings. The monoisotopic (exact) mass is 234 g/mol. The quantitative estimate of drug-likeness (QED) is 0.778. The van der Waals surface area contributed by atoms with E-state index in [0.29, 0.717) is 12.0 Å². The summed E-state index contributed by atoms with van der Waals surface area (Å²) < 4.78 is 11.3. The van der Waals surface area contributed by atoms with Crippen LogP contribution in [0, 0.1) is 5.92 Å². The number of ether oxygens (including phenoxy) is 2. The summed E-state index contributed by atoms with van der Waals surface area (Å²) in [6.07, 6.45) is 3.40. The van der Waals surface area contributed by atoms with Gasteiger partial charge in [0.15, 0.2) is 0 Å². The number of hydrogen-bond donors (Lipinski definition) is 0. The maximum absolute atomic E-state index is 5.72. The zero-order valence-electron chi connectivity index (χ0n) is 11.0. The lowest BCUT2D eigenvalue weighted by Crippen LogP contribution is -2.17. The molecule has 1 aliphatic heterocycles. The van der Waals surface area contributed by atoms with Gasteiger partial charge in [-0.25, -0.2) is 0 Å². The molecule has 2 heteroatoms. The predicted molar refractivity (Wildman–Crippen MR) is 69.6 cm³/mol. The first-order valence-electron chi connectivity index (χ1n) is 6.47. The van der Waals surface area contributed by atoms with E-state index in [1.54, 1.807) is 7.11 Å². The van der Waals surface area contributed by atoms with Gasteiger partial charge in [-0.3, -0.25) is 0 Å². The maximum atomic E-state index is 5.72. The molecule has 1 aromatic carbocycles. The second-order valence-electron chi connectivity index (χ2n) is 5.20. The Balaban J connectivity index is 2.10. The van der Waals surface area contributed by atoms with Gasteiger partial charge in [-0.05, 0) is 23.5 Å². The van der Waals surface area contributed by atoms with Crippen molar-refractivity contribution in [1.82, 2.24) is 0 Å². The zero-order valence-corrected chi connectivity index (χ0v) is 11.0. The van der Waals surface area contributed by atoms with E-state index >= 15 is 0 Å². The summed E-state index contributed by atoms with van der Waals surface area (Å²) in [6.45, 7) is 5.30. The van der Waals surface area contributed by atoms with E-state index in [1.807, 2.05) is 0 Å². The van der Waals surface area contributed by atoms with Gasteiger partial charge in [0.2, 0.25) is 0 Å². The molecule has 0 N–H and O–H groups in total. The molecule has 17 heavy (non-hydrogen) atoms. The molecule has 1 aliphatic rings. The first-order chi connectivity index (χ1) is 8.20. The topological polar surface area (TPSA) is 18.5 Å². The predicted octanol–water partition coefficient (Wildman–Crippen LogP) is 3.23. The van der Waals surface area contributed by atoms with Crippen molar-refractivity contribution in [1.29, 1.82) is 0 Å². The highest BCUT2D eigenvalue weighted by atomic mass is 16.5. The van der Waals surface area contributed by atoms with Gasteiger partial charge in [-0.15, -0.1) is 0 Å². The van der Waals surface area contributed by atoms with Crippen molar-refractivity contribution in [3.8, 4) is 5.75 Å². The molecular formula is C15H22O2. The van der Waals surface area contributed by atoms with Gasteiger partial charge < -0.3 is 9.47 Å². The van der Waals surface area contributed by atoms with Gasteiger partial charge in [0.25, 0.3) is 0 Å². The van der Waals surface area contributed by atoms with Crippen LogP contribution in [0.4, 0.5) is 0 Å². The molecule has 0 spiro atoms. The van der Waals surface area contributed by atoms with Crippen LogP contribution in [0.15, 0.2) is 18.2 Å². The summed E-state index contributed by atoms with van der Waals surface area (Å²) in [5.41, 5.74) is 2.65. The molecule has 2 nitrogen and oxygen atoms in total.